The van der Waals surface area contributed by atoms with Gasteiger partial charge in [0.05, 0.1) is 0 Å². The maximum absolute atomic E-state index is 12.6. The van der Waals surface area contributed by atoms with Crippen molar-refractivity contribution in [3.05, 3.63) is 0 Å². The van der Waals surface area contributed by atoms with Crippen LogP contribution in [-0.4, -0.2) is 81.2 Å². The van der Waals surface area contributed by atoms with Crippen molar-refractivity contribution < 1.29 is 13.2 Å². The summed E-state index contributed by atoms with van der Waals surface area (Å²) in [6.45, 7) is 3.61. The van der Waals surface area contributed by atoms with Crippen LogP contribution in [0.15, 0.2) is 0 Å². The van der Waals surface area contributed by atoms with Crippen LogP contribution in [-0.2, 0) is 15.0 Å². The molecular weight excluding hydrogens is 316 g/mol. The number of carbonyl (C=O) groups is 1. The molecule has 0 radical (unpaired) electrons. The van der Waals surface area contributed by atoms with Gasteiger partial charge in [-0.15, -0.1) is 0 Å². The van der Waals surface area contributed by atoms with Gasteiger partial charge in [-0.2, -0.15) is 17.0 Å². The molecule has 2 fully saturated rings. The Balaban J connectivity index is 1.79. The van der Waals surface area contributed by atoms with E-state index in [-0.39, 0.29) is 11.8 Å². The summed E-state index contributed by atoms with van der Waals surface area (Å²) in [5.41, 5.74) is 0. The summed E-state index contributed by atoms with van der Waals surface area (Å²) in [5, 5.41) is 2.94. The minimum atomic E-state index is -3.33. The third-order valence-corrected chi connectivity index (χ3v) is 6.69. The summed E-state index contributed by atoms with van der Waals surface area (Å²) in [4.78, 5) is 14.2. The van der Waals surface area contributed by atoms with Gasteiger partial charge in [0.25, 0.3) is 10.2 Å². The number of nitrogens with one attached hydrogen (secondary N) is 1. The average Bonchev–Trinajstić information content (AvgIpc) is 2.55. The van der Waals surface area contributed by atoms with E-state index in [2.05, 4.69) is 5.32 Å². The van der Waals surface area contributed by atoms with Crippen LogP contribution in [0.25, 0.3) is 0 Å². The van der Waals surface area contributed by atoms with E-state index in [1.165, 1.54) is 0 Å². The van der Waals surface area contributed by atoms with Crippen molar-refractivity contribution in [1.29, 1.82) is 0 Å². The molecule has 23 heavy (non-hydrogen) atoms. The van der Waals surface area contributed by atoms with E-state index in [0.29, 0.717) is 45.6 Å². The fourth-order valence-corrected chi connectivity index (χ4v) is 4.87. The van der Waals surface area contributed by atoms with Gasteiger partial charge in [-0.05, 0) is 39.8 Å². The number of hydrogen-bond acceptors (Lipinski definition) is 4. The third-order valence-electron chi connectivity index (χ3n) is 4.65. The maximum atomic E-state index is 12.6. The number of carbonyl (C=O) groups excluding carboxylic acids is 1. The normalized spacial score (nSPS) is 22.4. The molecule has 7 nitrogen and oxygen atoms in total. The summed E-state index contributed by atoms with van der Waals surface area (Å²) < 4.78 is 28.4. The van der Waals surface area contributed by atoms with Gasteiger partial charge >= 0.3 is 0 Å². The van der Waals surface area contributed by atoms with Crippen molar-refractivity contribution in [3.8, 4) is 0 Å². The van der Waals surface area contributed by atoms with Crippen molar-refractivity contribution in [2.75, 3.05) is 53.4 Å². The monoisotopic (exact) mass is 346 g/mol. The van der Waals surface area contributed by atoms with Crippen molar-refractivity contribution in [2.45, 2.75) is 32.1 Å². The Hall–Kier alpha value is -0.700. The Morgan fingerprint density at radius 2 is 1.61 bits per heavy atom. The minimum absolute atomic E-state index is 0.0573. The van der Waals surface area contributed by atoms with Crippen molar-refractivity contribution >= 4 is 16.1 Å². The molecule has 0 aromatic carbocycles. The lowest BCUT2D eigenvalue weighted by Crippen LogP contribution is -2.50. The predicted molar refractivity (Wildman–Crippen MR) is 90.2 cm³/mol. The number of amides is 1. The van der Waals surface area contributed by atoms with Gasteiger partial charge in [0.15, 0.2) is 0 Å². The molecule has 0 aromatic heterocycles. The SMILES string of the molecule is CN(C)CCNC(=O)C1CCN(S(=O)(=O)N2CCCCC2)CC1. The topological polar surface area (TPSA) is 73.0 Å². The second-order valence-electron chi connectivity index (χ2n) is 6.74. The van der Waals surface area contributed by atoms with Gasteiger partial charge in [-0.3, -0.25) is 4.79 Å². The van der Waals surface area contributed by atoms with E-state index in [4.69, 9.17) is 0 Å². The molecule has 2 heterocycles. The van der Waals surface area contributed by atoms with Crippen LogP contribution >= 0.6 is 0 Å². The fraction of sp³-hybridized carbons (Fsp3) is 0.933. The smallest absolute Gasteiger partial charge is 0.281 e. The van der Waals surface area contributed by atoms with E-state index >= 15 is 0 Å². The lowest BCUT2D eigenvalue weighted by molar-refractivity contribution is -0.126. The third kappa shape index (κ3) is 5.14. The molecule has 2 saturated heterocycles. The van der Waals surface area contributed by atoms with Crippen LogP contribution in [0.5, 0.6) is 0 Å². The summed E-state index contributed by atoms with van der Waals surface area (Å²) in [6.07, 6.45) is 4.23. The van der Waals surface area contributed by atoms with Crippen LogP contribution in [0.1, 0.15) is 32.1 Å². The highest BCUT2D eigenvalue weighted by Gasteiger charge is 2.35. The van der Waals surface area contributed by atoms with Crippen LogP contribution in [0, 0.1) is 5.92 Å². The highest BCUT2D eigenvalue weighted by Crippen LogP contribution is 2.23. The van der Waals surface area contributed by atoms with Crippen molar-refractivity contribution in [2.24, 2.45) is 5.92 Å². The molecule has 0 saturated carbocycles. The van der Waals surface area contributed by atoms with Crippen LogP contribution < -0.4 is 5.32 Å². The second kappa shape index (κ2) is 8.41. The Labute approximate surface area is 140 Å². The van der Waals surface area contributed by atoms with Gasteiger partial charge in [-0.25, -0.2) is 0 Å². The Kier molecular flexibility index (Phi) is 6.82. The molecule has 134 valence electrons. The largest absolute Gasteiger partial charge is 0.355 e. The molecule has 0 unspecified atom stereocenters. The number of hydrogen-bond donors (Lipinski definition) is 1. The summed E-state index contributed by atoms with van der Waals surface area (Å²) >= 11 is 0. The number of piperidine rings is 2. The average molecular weight is 346 g/mol. The minimum Gasteiger partial charge on any atom is -0.355 e. The standard InChI is InChI=1S/C15H30N4O3S/c1-17(2)13-8-16-15(20)14-6-11-19(12-7-14)23(21,22)18-9-4-3-5-10-18/h14H,3-13H2,1-2H3,(H,16,20). The Bertz CT molecular complexity index is 481. The quantitative estimate of drug-likeness (QED) is 0.741. The summed E-state index contributed by atoms with van der Waals surface area (Å²) in [6, 6.07) is 0. The van der Waals surface area contributed by atoms with Gasteiger partial charge in [0, 0.05) is 45.2 Å². The summed E-state index contributed by atoms with van der Waals surface area (Å²) in [7, 11) is 0.603. The number of nitrogens with zero attached hydrogens (tertiary/aromatic N) is 3. The summed E-state index contributed by atoms with van der Waals surface area (Å²) in [5.74, 6) is -0.00756. The highest BCUT2D eigenvalue weighted by atomic mass is 32.2. The molecule has 2 aliphatic heterocycles. The first-order valence-electron chi connectivity index (χ1n) is 8.59. The van der Waals surface area contributed by atoms with Gasteiger partial charge in [0.1, 0.15) is 0 Å². The molecule has 8 heteroatoms. The zero-order chi connectivity index (χ0) is 16.9. The predicted octanol–water partition coefficient (Wildman–Crippen LogP) is 0.107. The van der Waals surface area contributed by atoms with Crippen LogP contribution in [0.2, 0.25) is 0 Å². The number of rotatable bonds is 6. The first-order chi connectivity index (χ1) is 10.9. The molecule has 0 bridgehead atoms. The van der Waals surface area contributed by atoms with Gasteiger partial charge in [0.2, 0.25) is 5.91 Å². The molecule has 0 aliphatic carbocycles. The molecule has 0 spiro atoms. The lowest BCUT2D eigenvalue weighted by atomic mass is 9.97. The zero-order valence-electron chi connectivity index (χ0n) is 14.3. The molecule has 1 amide bonds. The molecule has 0 aromatic rings. The number of likely N-dealkylation sites (N-methyl/N-ethyl adjacent to an activating group) is 1. The highest BCUT2D eigenvalue weighted by molar-refractivity contribution is 7.86. The first kappa shape index (κ1) is 18.6. The van der Waals surface area contributed by atoms with Crippen molar-refractivity contribution in [1.82, 2.24) is 18.8 Å². The molecule has 1 N–H and O–H groups in total. The van der Waals surface area contributed by atoms with E-state index in [0.717, 1.165) is 25.8 Å². The lowest BCUT2D eigenvalue weighted by Gasteiger charge is -2.35. The van der Waals surface area contributed by atoms with E-state index in [1.807, 2.05) is 19.0 Å². The Morgan fingerprint density at radius 3 is 2.17 bits per heavy atom. The molecular formula is C15H30N4O3S. The van der Waals surface area contributed by atoms with Gasteiger partial charge < -0.3 is 10.2 Å². The first-order valence-corrected chi connectivity index (χ1v) is 9.98. The van der Waals surface area contributed by atoms with Crippen LogP contribution in [0.4, 0.5) is 0 Å². The van der Waals surface area contributed by atoms with Crippen LogP contribution in [0.3, 0.4) is 0 Å². The zero-order valence-corrected chi connectivity index (χ0v) is 15.1. The second-order valence-corrected chi connectivity index (χ2v) is 8.66. The van der Waals surface area contributed by atoms with E-state index in [9.17, 15) is 13.2 Å². The fourth-order valence-electron chi connectivity index (χ4n) is 3.15. The molecule has 2 aliphatic rings. The van der Waals surface area contributed by atoms with Crippen molar-refractivity contribution in [3.63, 3.8) is 0 Å². The maximum Gasteiger partial charge on any atom is 0.281 e. The van der Waals surface area contributed by atoms with E-state index in [1.54, 1.807) is 8.61 Å². The Morgan fingerprint density at radius 1 is 1.04 bits per heavy atom. The van der Waals surface area contributed by atoms with E-state index < -0.39 is 10.2 Å². The molecule has 0 atom stereocenters. The van der Waals surface area contributed by atoms with Gasteiger partial charge in [-0.1, -0.05) is 6.42 Å². The molecule has 2 rings (SSSR count).